The molecule has 2 amide bonds. The highest BCUT2D eigenvalue weighted by Crippen LogP contribution is 2.46. The summed E-state index contributed by atoms with van der Waals surface area (Å²) < 4.78 is 0. The van der Waals surface area contributed by atoms with Gasteiger partial charge in [-0.05, 0) is 60.7 Å². The number of carbonyl (C=O) groups excluding carboxylic acids is 3. The van der Waals surface area contributed by atoms with Gasteiger partial charge in [0.25, 0.3) is 0 Å². The van der Waals surface area contributed by atoms with Crippen molar-refractivity contribution in [2.24, 2.45) is 11.8 Å². The Hall–Kier alpha value is -3.84. The number of carbonyl (C=O) groups is 3. The minimum atomic E-state index is -1.66. The lowest BCUT2D eigenvalue weighted by molar-refractivity contribution is -0.150. The van der Waals surface area contributed by atoms with E-state index >= 15 is 0 Å². The van der Waals surface area contributed by atoms with Crippen molar-refractivity contribution in [3.05, 3.63) is 89.7 Å². The SMILES string of the molecule is CCc1ccccc1NC(=O)C1C(=O)CC(C)(O)C(C(=O)Nc2ccccc2CC)C1c1ccncc1. The largest absolute Gasteiger partial charge is 0.389 e. The van der Waals surface area contributed by atoms with E-state index in [0.717, 1.165) is 11.1 Å². The number of nitrogens with one attached hydrogen (secondary N) is 2. The van der Waals surface area contributed by atoms with E-state index in [0.29, 0.717) is 29.8 Å². The summed E-state index contributed by atoms with van der Waals surface area (Å²) in [5, 5.41) is 17.4. The van der Waals surface area contributed by atoms with Crippen LogP contribution in [0.15, 0.2) is 73.1 Å². The zero-order valence-electron chi connectivity index (χ0n) is 21.4. The maximum absolute atomic E-state index is 13.8. The first-order valence-electron chi connectivity index (χ1n) is 12.7. The first-order chi connectivity index (χ1) is 17.8. The van der Waals surface area contributed by atoms with Gasteiger partial charge >= 0.3 is 0 Å². The van der Waals surface area contributed by atoms with Crippen LogP contribution >= 0.6 is 0 Å². The van der Waals surface area contributed by atoms with Gasteiger partial charge in [-0.25, -0.2) is 0 Å². The highest BCUT2D eigenvalue weighted by atomic mass is 16.3. The third kappa shape index (κ3) is 5.47. The summed E-state index contributed by atoms with van der Waals surface area (Å²) in [6.45, 7) is 5.48. The maximum atomic E-state index is 13.8. The van der Waals surface area contributed by atoms with Gasteiger partial charge < -0.3 is 15.7 Å². The Morgan fingerprint density at radius 3 is 1.95 bits per heavy atom. The number of hydrogen-bond acceptors (Lipinski definition) is 5. The van der Waals surface area contributed by atoms with Crippen LogP contribution in [0.2, 0.25) is 0 Å². The summed E-state index contributed by atoms with van der Waals surface area (Å²) in [5.41, 5.74) is 2.11. The van der Waals surface area contributed by atoms with Gasteiger partial charge in [-0.2, -0.15) is 0 Å². The molecule has 4 atom stereocenters. The summed E-state index contributed by atoms with van der Waals surface area (Å²) in [6, 6.07) is 18.3. The fourth-order valence-corrected chi connectivity index (χ4v) is 5.40. The third-order valence-electron chi connectivity index (χ3n) is 7.24. The quantitative estimate of drug-likeness (QED) is 0.414. The molecule has 7 nitrogen and oxygen atoms in total. The van der Waals surface area contributed by atoms with Crippen LogP contribution in [-0.4, -0.2) is 33.3 Å². The van der Waals surface area contributed by atoms with E-state index in [-0.39, 0.29) is 6.42 Å². The molecular weight excluding hydrogens is 466 g/mol. The van der Waals surface area contributed by atoms with Crippen molar-refractivity contribution < 1.29 is 19.5 Å². The molecule has 192 valence electrons. The number of hydrogen-bond donors (Lipinski definition) is 3. The molecule has 0 spiro atoms. The molecule has 1 saturated carbocycles. The number of rotatable bonds is 7. The summed E-state index contributed by atoms with van der Waals surface area (Å²) in [4.78, 5) is 45.1. The molecule has 3 N–H and O–H groups in total. The summed E-state index contributed by atoms with van der Waals surface area (Å²) >= 11 is 0. The van der Waals surface area contributed by atoms with Gasteiger partial charge in [0, 0.05) is 36.1 Å². The molecule has 2 aromatic carbocycles. The molecule has 37 heavy (non-hydrogen) atoms. The van der Waals surface area contributed by atoms with Gasteiger partial charge in [0.2, 0.25) is 11.8 Å². The summed E-state index contributed by atoms with van der Waals surface area (Å²) in [6.07, 6.45) is 4.23. The molecule has 0 radical (unpaired) electrons. The van der Waals surface area contributed by atoms with Gasteiger partial charge in [-0.3, -0.25) is 19.4 Å². The van der Waals surface area contributed by atoms with E-state index < -0.39 is 41.0 Å². The zero-order chi connectivity index (χ0) is 26.6. The zero-order valence-corrected chi connectivity index (χ0v) is 21.4. The van der Waals surface area contributed by atoms with E-state index in [1.165, 1.54) is 6.92 Å². The topological polar surface area (TPSA) is 108 Å². The fourth-order valence-electron chi connectivity index (χ4n) is 5.40. The smallest absolute Gasteiger partial charge is 0.235 e. The van der Waals surface area contributed by atoms with Crippen molar-refractivity contribution >= 4 is 29.0 Å². The number of anilines is 2. The van der Waals surface area contributed by atoms with Crippen LogP contribution in [0, 0.1) is 11.8 Å². The number of aromatic nitrogens is 1. The molecule has 0 bridgehead atoms. The number of para-hydroxylation sites is 2. The highest BCUT2D eigenvalue weighted by molar-refractivity contribution is 6.10. The average molecular weight is 500 g/mol. The lowest BCUT2D eigenvalue weighted by Crippen LogP contribution is -2.56. The Morgan fingerprint density at radius 1 is 0.892 bits per heavy atom. The minimum Gasteiger partial charge on any atom is -0.389 e. The summed E-state index contributed by atoms with van der Waals surface area (Å²) in [5.74, 6) is -4.44. The molecule has 1 fully saturated rings. The first-order valence-corrected chi connectivity index (χ1v) is 12.7. The second-order valence-electron chi connectivity index (χ2n) is 9.76. The minimum absolute atomic E-state index is 0.310. The molecular formula is C30H33N3O4. The van der Waals surface area contributed by atoms with Crippen LogP contribution in [0.25, 0.3) is 0 Å². The van der Waals surface area contributed by atoms with Gasteiger partial charge in [0.15, 0.2) is 0 Å². The van der Waals surface area contributed by atoms with Crippen LogP contribution < -0.4 is 10.6 Å². The Balaban J connectivity index is 1.76. The molecule has 1 aliphatic rings. The van der Waals surface area contributed by atoms with Gasteiger partial charge in [0.1, 0.15) is 11.7 Å². The van der Waals surface area contributed by atoms with Crippen LogP contribution in [-0.2, 0) is 27.2 Å². The Labute approximate surface area is 217 Å². The average Bonchev–Trinajstić information content (AvgIpc) is 2.88. The number of pyridine rings is 1. The molecule has 4 rings (SSSR count). The van der Waals surface area contributed by atoms with Gasteiger partial charge in [-0.1, -0.05) is 50.2 Å². The molecule has 7 heteroatoms. The monoisotopic (exact) mass is 499 g/mol. The van der Waals surface area contributed by atoms with Crippen molar-refractivity contribution in [1.29, 1.82) is 0 Å². The van der Waals surface area contributed by atoms with Crippen LogP contribution in [0.1, 0.15) is 49.8 Å². The number of ketones is 1. The number of nitrogens with zero attached hydrogens (tertiary/aromatic N) is 1. The molecule has 1 aliphatic carbocycles. The van der Waals surface area contributed by atoms with E-state index in [4.69, 9.17) is 0 Å². The predicted molar refractivity (Wildman–Crippen MR) is 143 cm³/mol. The number of amides is 2. The van der Waals surface area contributed by atoms with E-state index in [9.17, 15) is 19.5 Å². The molecule has 0 saturated heterocycles. The van der Waals surface area contributed by atoms with E-state index in [1.54, 1.807) is 30.6 Å². The van der Waals surface area contributed by atoms with Gasteiger partial charge in [-0.15, -0.1) is 0 Å². The van der Waals surface area contributed by atoms with Crippen LogP contribution in [0.3, 0.4) is 0 Å². The van der Waals surface area contributed by atoms with Crippen molar-refractivity contribution in [1.82, 2.24) is 4.98 Å². The first kappa shape index (κ1) is 26.2. The lowest BCUT2D eigenvalue weighted by Gasteiger charge is -2.44. The predicted octanol–water partition coefficient (Wildman–Crippen LogP) is 4.52. The number of Topliss-reactive ketones (excluding diaryl/α,β-unsaturated/α-hetero) is 1. The standard InChI is InChI=1S/C30H33N3O4/c1-4-19-10-6-8-12-22(19)32-28(35)26-24(34)18-30(3,37)27(25(26)21-14-16-31-17-15-21)29(36)33-23-13-9-7-11-20(23)5-2/h6-17,25-27,37H,4-5,18H2,1-3H3,(H,32,35)(H,33,36). The Bertz CT molecular complexity index is 1290. The summed E-state index contributed by atoms with van der Waals surface area (Å²) in [7, 11) is 0. The van der Waals surface area contributed by atoms with Crippen LogP contribution in [0.4, 0.5) is 11.4 Å². The molecule has 1 heterocycles. The van der Waals surface area contributed by atoms with Crippen molar-refractivity contribution in [3.8, 4) is 0 Å². The van der Waals surface area contributed by atoms with Crippen molar-refractivity contribution in [3.63, 3.8) is 0 Å². The van der Waals surface area contributed by atoms with E-state index in [1.807, 2.05) is 56.3 Å². The fraction of sp³-hybridized carbons (Fsp3) is 0.333. The second-order valence-corrected chi connectivity index (χ2v) is 9.76. The van der Waals surface area contributed by atoms with Crippen molar-refractivity contribution in [2.75, 3.05) is 10.6 Å². The molecule has 4 unspecified atom stereocenters. The lowest BCUT2D eigenvalue weighted by atomic mass is 9.61. The maximum Gasteiger partial charge on any atom is 0.235 e. The Kier molecular flexibility index (Phi) is 7.83. The Morgan fingerprint density at radius 2 is 1.41 bits per heavy atom. The normalized spacial score (nSPS) is 23.4. The van der Waals surface area contributed by atoms with Crippen LogP contribution in [0.5, 0.6) is 0 Å². The number of aliphatic hydroxyl groups is 1. The molecule has 1 aromatic heterocycles. The molecule has 0 aliphatic heterocycles. The van der Waals surface area contributed by atoms with Crippen molar-refractivity contribution in [2.45, 2.75) is 51.6 Å². The number of aryl methyl sites for hydroxylation is 2. The molecule has 3 aromatic rings. The highest BCUT2D eigenvalue weighted by Gasteiger charge is 2.56. The van der Waals surface area contributed by atoms with E-state index in [2.05, 4.69) is 15.6 Å². The van der Waals surface area contributed by atoms with Gasteiger partial charge in [0.05, 0.1) is 11.5 Å². The third-order valence-corrected chi connectivity index (χ3v) is 7.24. The number of benzene rings is 2. The second kappa shape index (κ2) is 11.0.